The summed E-state index contributed by atoms with van der Waals surface area (Å²) in [5.74, 6) is 1.53. The van der Waals surface area contributed by atoms with Crippen LogP contribution in [-0.4, -0.2) is 25.8 Å². The van der Waals surface area contributed by atoms with Gasteiger partial charge in [-0.1, -0.05) is 34.6 Å². The number of rotatable bonds is 5. The highest BCUT2D eigenvalue weighted by molar-refractivity contribution is 5.17. The molecule has 2 unspecified atom stereocenters. The molecule has 1 heterocycles. The molecule has 2 rings (SSSR count). The van der Waals surface area contributed by atoms with Gasteiger partial charge in [0.25, 0.3) is 0 Å². The molecule has 0 aromatic rings. The van der Waals surface area contributed by atoms with Gasteiger partial charge in [-0.2, -0.15) is 0 Å². The fourth-order valence-corrected chi connectivity index (χ4v) is 3.85. The van der Waals surface area contributed by atoms with Crippen LogP contribution >= 0.6 is 0 Å². The van der Waals surface area contributed by atoms with Crippen molar-refractivity contribution >= 4 is 0 Å². The van der Waals surface area contributed by atoms with Crippen LogP contribution in [0.1, 0.15) is 47.5 Å². The molecule has 0 aromatic carbocycles. The first kappa shape index (κ1) is 13.4. The van der Waals surface area contributed by atoms with Gasteiger partial charge in [0.15, 0.2) is 0 Å². The Hall–Kier alpha value is -0.0800. The maximum atomic E-state index is 5.59. The maximum Gasteiger partial charge on any atom is 0.0510 e. The monoisotopic (exact) mass is 239 g/mol. The van der Waals surface area contributed by atoms with Gasteiger partial charge in [0, 0.05) is 18.6 Å². The molecule has 0 radical (unpaired) electrons. The predicted molar refractivity (Wildman–Crippen MR) is 72.1 cm³/mol. The highest BCUT2D eigenvalue weighted by atomic mass is 16.5. The normalized spacial score (nSPS) is 32.6. The SMILES string of the molecule is CCCNC(C1CCOC1)C1C(C)(C)C1(C)C. The summed E-state index contributed by atoms with van der Waals surface area (Å²) in [6.07, 6.45) is 2.46. The van der Waals surface area contributed by atoms with Crippen LogP contribution in [0.3, 0.4) is 0 Å². The Morgan fingerprint density at radius 2 is 1.88 bits per heavy atom. The Morgan fingerprint density at radius 1 is 1.24 bits per heavy atom. The molecule has 100 valence electrons. The molecule has 0 amide bonds. The molecule has 0 aromatic heterocycles. The fraction of sp³-hybridized carbons (Fsp3) is 1.00. The lowest BCUT2D eigenvalue weighted by Crippen LogP contribution is -2.40. The topological polar surface area (TPSA) is 21.3 Å². The van der Waals surface area contributed by atoms with E-state index in [2.05, 4.69) is 39.9 Å². The molecular weight excluding hydrogens is 210 g/mol. The van der Waals surface area contributed by atoms with Crippen molar-refractivity contribution in [2.45, 2.75) is 53.5 Å². The minimum atomic E-state index is 0.473. The smallest absolute Gasteiger partial charge is 0.0510 e. The van der Waals surface area contributed by atoms with Crippen molar-refractivity contribution in [3.8, 4) is 0 Å². The number of hydrogen-bond acceptors (Lipinski definition) is 2. The molecule has 2 heteroatoms. The van der Waals surface area contributed by atoms with Crippen molar-refractivity contribution in [1.29, 1.82) is 0 Å². The molecule has 1 N–H and O–H groups in total. The van der Waals surface area contributed by atoms with Crippen LogP contribution in [0.5, 0.6) is 0 Å². The van der Waals surface area contributed by atoms with Crippen LogP contribution in [0.2, 0.25) is 0 Å². The lowest BCUT2D eigenvalue weighted by Gasteiger charge is -2.26. The summed E-state index contributed by atoms with van der Waals surface area (Å²) in [7, 11) is 0. The van der Waals surface area contributed by atoms with E-state index in [9.17, 15) is 0 Å². The molecule has 0 bridgehead atoms. The van der Waals surface area contributed by atoms with Gasteiger partial charge in [-0.05, 0) is 36.1 Å². The van der Waals surface area contributed by atoms with Crippen LogP contribution in [0.25, 0.3) is 0 Å². The minimum absolute atomic E-state index is 0.473. The Bertz CT molecular complexity index is 252. The zero-order valence-electron chi connectivity index (χ0n) is 12.2. The highest BCUT2D eigenvalue weighted by Gasteiger charge is 2.67. The van der Waals surface area contributed by atoms with Gasteiger partial charge in [0.05, 0.1) is 6.61 Å². The number of hydrogen-bond donors (Lipinski definition) is 1. The molecule has 1 saturated heterocycles. The second kappa shape index (κ2) is 4.55. The van der Waals surface area contributed by atoms with E-state index in [-0.39, 0.29) is 0 Å². The molecule has 2 nitrogen and oxygen atoms in total. The first-order chi connectivity index (χ1) is 7.93. The van der Waals surface area contributed by atoms with E-state index in [1.165, 1.54) is 12.8 Å². The van der Waals surface area contributed by atoms with E-state index >= 15 is 0 Å². The molecule has 1 aliphatic heterocycles. The summed E-state index contributed by atoms with van der Waals surface area (Å²) in [6, 6.07) is 0.655. The second-order valence-corrected chi connectivity index (χ2v) is 7.02. The summed E-state index contributed by atoms with van der Waals surface area (Å²) >= 11 is 0. The standard InChI is InChI=1S/C15H29NO/c1-6-8-16-12(11-7-9-17-10-11)13-14(2,3)15(13,4)5/h11-13,16H,6-10H2,1-5H3. The molecule has 17 heavy (non-hydrogen) atoms. The van der Waals surface area contributed by atoms with Crippen LogP contribution in [0.4, 0.5) is 0 Å². The largest absolute Gasteiger partial charge is 0.381 e. The number of ether oxygens (including phenoxy) is 1. The first-order valence-electron chi connectivity index (χ1n) is 7.24. The van der Waals surface area contributed by atoms with Crippen LogP contribution in [0.15, 0.2) is 0 Å². The summed E-state index contributed by atoms with van der Waals surface area (Å²) in [4.78, 5) is 0. The molecule has 1 aliphatic carbocycles. The average molecular weight is 239 g/mol. The van der Waals surface area contributed by atoms with Gasteiger partial charge < -0.3 is 10.1 Å². The third-order valence-electron chi connectivity index (χ3n) is 5.59. The molecule has 2 atom stereocenters. The Labute approximate surface area is 107 Å². The van der Waals surface area contributed by atoms with Crippen molar-refractivity contribution in [2.24, 2.45) is 22.7 Å². The molecule has 0 spiro atoms. The van der Waals surface area contributed by atoms with Crippen molar-refractivity contribution in [3.05, 3.63) is 0 Å². The van der Waals surface area contributed by atoms with E-state index in [0.717, 1.165) is 31.6 Å². The Morgan fingerprint density at radius 3 is 2.29 bits per heavy atom. The quantitative estimate of drug-likeness (QED) is 0.796. The zero-order chi connectivity index (χ0) is 12.7. The Balaban J connectivity index is 2.06. The summed E-state index contributed by atoms with van der Waals surface area (Å²) in [6.45, 7) is 15.0. The van der Waals surface area contributed by atoms with Gasteiger partial charge in [0.2, 0.25) is 0 Å². The van der Waals surface area contributed by atoms with Gasteiger partial charge in [0.1, 0.15) is 0 Å². The van der Waals surface area contributed by atoms with Gasteiger partial charge in [-0.25, -0.2) is 0 Å². The lowest BCUT2D eigenvalue weighted by atomic mass is 9.90. The average Bonchev–Trinajstić information content (AvgIpc) is 2.66. The van der Waals surface area contributed by atoms with E-state index < -0.39 is 0 Å². The van der Waals surface area contributed by atoms with E-state index in [0.29, 0.717) is 16.9 Å². The Kier molecular flexibility index (Phi) is 3.57. The summed E-state index contributed by atoms with van der Waals surface area (Å²) in [5.41, 5.74) is 0.946. The highest BCUT2D eigenvalue weighted by Crippen LogP contribution is 2.70. The summed E-state index contributed by atoms with van der Waals surface area (Å²) < 4.78 is 5.59. The first-order valence-corrected chi connectivity index (χ1v) is 7.24. The van der Waals surface area contributed by atoms with E-state index in [4.69, 9.17) is 4.74 Å². The summed E-state index contributed by atoms with van der Waals surface area (Å²) in [5, 5.41) is 3.80. The van der Waals surface area contributed by atoms with E-state index in [1.54, 1.807) is 0 Å². The second-order valence-electron chi connectivity index (χ2n) is 7.02. The molecule has 1 saturated carbocycles. The van der Waals surface area contributed by atoms with Gasteiger partial charge in [-0.15, -0.1) is 0 Å². The van der Waals surface area contributed by atoms with Gasteiger partial charge >= 0.3 is 0 Å². The maximum absolute atomic E-state index is 5.59. The van der Waals surface area contributed by atoms with Crippen LogP contribution in [0, 0.1) is 22.7 Å². The third-order valence-corrected chi connectivity index (χ3v) is 5.59. The minimum Gasteiger partial charge on any atom is -0.381 e. The zero-order valence-corrected chi connectivity index (χ0v) is 12.2. The third kappa shape index (κ3) is 2.15. The van der Waals surface area contributed by atoms with Crippen LogP contribution in [-0.2, 0) is 4.74 Å². The molecular formula is C15H29NO. The predicted octanol–water partition coefficient (Wildman–Crippen LogP) is 3.07. The van der Waals surface area contributed by atoms with Crippen molar-refractivity contribution < 1.29 is 4.74 Å². The van der Waals surface area contributed by atoms with Gasteiger partial charge in [-0.3, -0.25) is 0 Å². The molecule has 2 fully saturated rings. The van der Waals surface area contributed by atoms with Crippen molar-refractivity contribution in [1.82, 2.24) is 5.32 Å². The number of nitrogens with one attached hydrogen (secondary N) is 1. The fourth-order valence-electron chi connectivity index (χ4n) is 3.85. The lowest BCUT2D eigenvalue weighted by molar-refractivity contribution is 0.169. The van der Waals surface area contributed by atoms with E-state index in [1.807, 2.05) is 0 Å². The van der Waals surface area contributed by atoms with Crippen molar-refractivity contribution in [3.63, 3.8) is 0 Å². The van der Waals surface area contributed by atoms with Crippen LogP contribution < -0.4 is 5.32 Å². The van der Waals surface area contributed by atoms with Crippen molar-refractivity contribution in [2.75, 3.05) is 19.8 Å². The molecule has 2 aliphatic rings.